The van der Waals surface area contributed by atoms with Crippen LogP contribution in [0.15, 0.2) is 30.3 Å². The van der Waals surface area contributed by atoms with Gasteiger partial charge in [-0.15, -0.1) is 11.3 Å². The first-order valence-corrected chi connectivity index (χ1v) is 10.0. The van der Waals surface area contributed by atoms with Gasteiger partial charge in [-0.2, -0.15) is 0 Å². The molecule has 0 aliphatic rings. The number of methoxy groups -OCH3 is 1. The molecular weight excluding hydrogens is 400 g/mol. The number of nitrogens with zero attached hydrogens (tertiary/aromatic N) is 1. The first-order chi connectivity index (χ1) is 13.3. The summed E-state index contributed by atoms with van der Waals surface area (Å²) in [6, 6.07) is 8.52. The maximum Gasteiger partial charge on any atom is 0.310 e. The summed E-state index contributed by atoms with van der Waals surface area (Å²) in [5, 5.41) is 3.71. The van der Waals surface area contributed by atoms with E-state index in [0.717, 1.165) is 5.56 Å². The van der Waals surface area contributed by atoms with E-state index in [2.05, 4.69) is 5.32 Å². The molecule has 1 atom stereocenters. The van der Waals surface area contributed by atoms with E-state index in [4.69, 9.17) is 16.3 Å². The highest BCUT2D eigenvalue weighted by molar-refractivity contribution is 7.18. The van der Waals surface area contributed by atoms with Gasteiger partial charge in [0.2, 0.25) is 0 Å². The molecule has 2 rings (SSSR count). The van der Waals surface area contributed by atoms with Gasteiger partial charge in [0.05, 0.1) is 33.5 Å². The van der Waals surface area contributed by atoms with E-state index in [1.54, 1.807) is 42.2 Å². The van der Waals surface area contributed by atoms with E-state index in [1.807, 2.05) is 13.8 Å². The predicted octanol–water partition coefficient (Wildman–Crippen LogP) is 4.23. The Labute approximate surface area is 173 Å². The molecule has 0 spiro atoms. The Morgan fingerprint density at radius 1 is 1.29 bits per heavy atom. The van der Waals surface area contributed by atoms with Crippen molar-refractivity contribution in [2.75, 3.05) is 25.5 Å². The van der Waals surface area contributed by atoms with Gasteiger partial charge < -0.3 is 15.0 Å². The van der Waals surface area contributed by atoms with Crippen molar-refractivity contribution in [2.45, 2.75) is 20.8 Å². The van der Waals surface area contributed by atoms with E-state index in [-0.39, 0.29) is 24.3 Å². The van der Waals surface area contributed by atoms with Gasteiger partial charge in [-0.1, -0.05) is 30.7 Å². The lowest BCUT2D eigenvalue weighted by Crippen LogP contribution is -2.37. The van der Waals surface area contributed by atoms with Gasteiger partial charge in [0, 0.05) is 13.1 Å². The number of thiophene rings is 1. The molecule has 1 unspecified atom stereocenters. The zero-order valence-corrected chi connectivity index (χ0v) is 17.8. The number of ether oxygens (including phenoxy) is 1. The molecule has 0 bridgehead atoms. The number of hydrogen-bond acceptors (Lipinski definition) is 5. The topological polar surface area (TPSA) is 75.7 Å². The number of amides is 2. The second-order valence-corrected chi connectivity index (χ2v) is 7.78. The van der Waals surface area contributed by atoms with E-state index in [1.165, 1.54) is 18.4 Å². The second kappa shape index (κ2) is 9.71. The fourth-order valence-electron chi connectivity index (χ4n) is 2.69. The lowest BCUT2D eigenvalue weighted by atomic mass is 10.1. The molecule has 0 aliphatic heterocycles. The van der Waals surface area contributed by atoms with Crippen molar-refractivity contribution >= 4 is 45.7 Å². The summed E-state index contributed by atoms with van der Waals surface area (Å²) in [6.07, 6.45) is 0. The average Bonchev–Trinajstić information content (AvgIpc) is 3.04. The summed E-state index contributed by atoms with van der Waals surface area (Å²) in [5.41, 5.74) is 1.12. The number of carbonyl (C=O) groups excluding carboxylic acids is 3. The molecule has 1 N–H and O–H groups in total. The number of anilines is 1. The fourth-order valence-corrected chi connectivity index (χ4v) is 3.94. The maximum atomic E-state index is 12.9. The van der Waals surface area contributed by atoms with Crippen LogP contribution in [0.2, 0.25) is 5.02 Å². The largest absolute Gasteiger partial charge is 0.469 e. The minimum Gasteiger partial charge on any atom is -0.469 e. The van der Waals surface area contributed by atoms with Crippen LogP contribution in [0.1, 0.15) is 39.4 Å². The van der Waals surface area contributed by atoms with Crippen molar-refractivity contribution in [1.82, 2.24) is 4.90 Å². The normalized spacial score (nSPS) is 11.6. The first-order valence-electron chi connectivity index (χ1n) is 8.81. The number of esters is 1. The number of carbonyl (C=O) groups is 3. The van der Waals surface area contributed by atoms with E-state index < -0.39 is 5.92 Å². The van der Waals surface area contributed by atoms with Crippen LogP contribution < -0.4 is 5.32 Å². The third-order valence-corrected chi connectivity index (χ3v) is 5.70. The smallest absolute Gasteiger partial charge is 0.310 e. The highest BCUT2D eigenvalue weighted by Crippen LogP contribution is 2.29. The van der Waals surface area contributed by atoms with Crippen LogP contribution in [0.4, 0.5) is 5.00 Å². The summed E-state index contributed by atoms with van der Waals surface area (Å²) >= 11 is 7.26. The third kappa shape index (κ3) is 5.11. The Hall–Kier alpha value is -2.38. The lowest BCUT2D eigenvalue weighted by Gasteiger charge is -2.23. The van der Waals surface area contributed by atoms with Gasteiger partial charge >= 0.3 is 5.97 Å². The van der Waals surface area contributed by atoms with Crippen LogP contribution in [0.3, 0.4) is 0 Å². The molecule has 2 aromatic rings. The molecule has 1 aromatic carbocycles. The number of rotatable bonds is 7. The van der Waals surface area contributed by atoms with Crippen LogP contribution in [-0.4, -0.2) is 42.9 Å². The van der Waals surface area contributed by atoms with Crippen LogP contribution in [-0.2, 0) is 9.53 Å². The summed E-state index contributed by atoms with van der Waals surface area (Å²) in [5.74, 6) is -1.30. The molecule has 28 heavy (non-hydrogen) atoms. The minimum absolute atomic E-state index is 0.181. The standard InChI is InChI=1S/C20H23ClN2O4S/c1-5-23(11-13(3)20(26)27-4)19(25)17-12(2)10-16(28-17)22-18(24)14-8-6-7-9-15(14)21/h6-10,13H,5,11H2,1-4H3,(H,22,24). The van der Waals surface area contributed by atoms with Crippen molar-refractivity contribution in [3.63, 3.8) is 0 Å². The van der Waals surface area contributed by atoms with Crippen LogP contribution >= 0.6 is 22.9 Å². The van der Waals surface area contributed by atoms with E-state index >= 15 is 0 Å². The molecular formula is C20H23ClN2O4S. The number of nitrogens with one attached hydrogen (secondary N) is 1. The van der Waals surface area contributed by atoms with Gasteiger partial charge in [0.1, 0.15) is 0 Å². The molecule has 1 aromatic heterocycles. The molecule has 8 heteroatoms. The Kier molecular flexibility index (Phi) is 7.60. The summed E-state index contributed by atoms with van der Waals surface area (Å²) < 4.78 is 4.73. The monoisotopic (exact) mass is 422 g/mol. The van der Waals surface area contributed by atoms with Gasteiger partial charge in [-0.05, 0) is 37.6 Å². The van der Waals surface area contributed by atoms with Gasteiger partial charge in [-0.25, -0.2) is 0 Å². The molecule has 2 amide bonds. The predicted molar refractivity (Wildman–Crippen MR) is 111 cm³/mol. The summed E-state index contributed by atoms with van der Waals surface area (Å²) in [7, 11) is 1.33. The van der Waals surface area contributed by atoms with Crippen molar-refractivity contribution < 1.29 is 19.1 Å². The van der Waals surface area contributed by atoms with Crippen molar-refractivity contribution in [1.29, 1.82) is 0 Å². The Morgan fingerprint density at radius 3 is 2.57 bits per heavy atom. The van der Waals surface area contributed by atoms with Crippen molar-refractivity contribution in [2.24, 2.45) is 5.92 Å². The minimum atomic E-state index is -0.423. The van der Waals surface area contributed by atoms with Crippen LogP contribution in [0.5, 0.6) is 0 Å². The Balaban J connectivity index is 2.16. The number of hydrogen-bond donors (Lipinski definition) is 1. The third-order valence-electron chi connectivity index (χ3n) is 4.23. The zero-order chi connectivity index (χ0) is 20.8. The number of benzene rings is 1. The highest BCUT2D eigenvalue weighted by atomic mass is 35.5. The molecule has 0 aliphatic carbocycles. The maximum absolute atomic E-state index is 12.9. The van der Waals surface area contributed by atoms with Gasteiger partial charge in [-0.3, -0.25) is 14.4 Å². The van der Waals surface area contributed by atoms with E-state index in [9.17, 15) is 14.4 Å². The van der Waals surface area contributed by atoms with Crippen molar-refractivity contribution in [3.8, 4) is 0 Å². The Morgan fingerprint density at radius 2 is 1.96 bits per heavy atom. The molecule has 0 radical (unpaired) electrons. The molecule has 0 saturated carbocycles. The Bertz CT molecular complexity index is 881. The number of halogens is 1. The second-order valence-electron chi connectivity index (χ2n) is 6.32. The molecule has 0 saturated heterocycles. The highest BCUT2D eigenvalue weighted by Gasteiger charge is 2.24. The van der Waals surface area contributed by atoms with E-state index in [0.29, 0.717) is 27.0 Å². The molecule has 0 fully saturated rings. The summed E-state index contributed by atoms with van der Waals surface area (Å²) in [4.78, 5) is 39.1. The average molecular weight is 423 g/mol. The SMILES string of the molecule is CCN(CC(C)C(=O)OC)C(=O)c1sc(NC(=O)c2ccccc2Cl)cc1C. The van der Waals surface area contributed by atoms with Crippen molar-refractivity contribution in [3.05, 3.63) is 51.4 Å². The molecule has 6 nitrogen and oxygen atoms in total. The molecule has 150 valence electrons. The van der Waals surface area contributed by atoms with Crippen LogP contribution in [0.25, 0.3) is 0 Å². The fraction of sp³-hybridized carbons (Fsp3) is 0.350. The first kappa shape index (κ1) is 21.9. The number of aryl methyl sites for hydroxylation is 1. The zero-order valence-electron chi connectivity index (χ0n) is 16.2. The van der Waals surface area contributed by atoms with Crippen LogP contribution in [0, 0.1) is 12.8 Å². The van der Waals surface area contributed by atoms with Gasteiger partial charge in [0.25, 0.3) is 11.8 Å². The summed E-state index contributed by atoms with van der Waals surface area (Å²) in [6.45, 7) is 6.11. The molecule has 1 heterocycles. The van der Waals surface area contributed by atoms with Gasteiger partial charge in [0.15, 0.2) is 0 Å². The lowest BCUT2D eigenvalue weighted by molar-refractivity contribution is -0.145. The quantitative estimate of drug-likeness (QED) is 0.677.